The van der Waals surface area contributed by atoms with E-state index < -0.39 is 6.04 Å². The van der Waals surface area contributed by atoms with E-state index >= 15 is 0 Å². The Morgan fingerprint density at radius 3 is 2.13 bits per heavy atom. The number of aryl methyl sites for hydroxylation is 2. The summed E-state index contributed by atoms with van der Waals surface area (Å²) in [5, 5.41) is 2.94. The van der Waals surface area contributed by atoms with Gasteiger partial charge in [-0.2, -0.15) is 0 Å². The molecule has 0 unspecified atom stereocenters. The van der Waals surface area contributed by atoms with Gasteiger partial charge in [0.1, 0.15) is 6.04 Å². The summed E-state index contributed by atoms with van der Waals surface area (Å²) in [6.45, 7) is 14.7. The maximum atomic E-state index is 13.2. The largest absolute Gasteiger partial charge is 0.352 e. The van der Waals surface area contributed by atoms with Crippen molar-refractivity contribution >= 4 is 11.8 Å². The van der Waals surface area contributed by atoms with Gasteiger partial charge in [0.25, 0.3) is 0 Å². The molecule has 0 fully saturated rings. The molecular formula is C27H38N2O2. The highest BCUT2D eigenvalue weighted by molar-refractivity contribution is 5.87. The van der Waals surface area contributed by atoms with Crippen molar-refractivity contribution in [3.8, 4) is 0 Å². The van der Waals surface area contributed by atoms with E-state index in [1.165, 1.54) is 5.56 Å². The van der Waals surface area contributed by atoms with Crippen LogP contribution in [0.15, 0.2) is 48.5 Å². The summed E-state index contributed by atoms with van der Waals surface area (Å²) in [6.07, 6.45) is 1.03. The van der Waals surface area contributed by atoms with Crippen molar-refractivity contribution in [3.63, 3.8) is 0 Å². The Hall–Kier alpha value is -2.62. The molecule has 2 aromatic carbocycles. The molecule has 2 amide bonds. The predicted octanol–water partition coefficient (Wildman–Crippen LogP) is 5.17. The first-order chi connectivity index (χ1) is 14.5. The second-order valence-corrected chi connectivity index (χ2v) is 9.73. The Bertz CT molecular complexity index is 879. The number of rotatable bonds is 8. The van der Waals surface area contributed by atoms with Crippen LogP contribution >= 0.6 is 0 Å². The Labute approximate surface area is 188 Å². The number of nitrogens with one attached hydrogen (secondary N) is 1. The molecule has 0 spiro atoms. The fourth-order valence-electron chi connectivity index (χ4n) is 3.53. The summed E-state index contributed by atoms with van der Waals surface area (Å²) in [7, 11) is 0. The molecule has 2 rings (SSSR count). The molecule has 1 atom stereocenters. The van der Waals surface area contributed by atoms with Gasteiger partial charge in [0.05, 0.1) is 0 Å². The standard InChI is InChI=1S/C27H38N2O2/c1-19(2)28-26(31)21(4)29(18-23-11-9-8-10-20(23)3)25(30)17-14-22-12-15-24(16-13-22)27(5,6)7/h8-13,15-16,19,21H,14,17-18H2,1-7H3,(H,28,31)/t21-/m0/s1. The lowest BCUT2D eigenvalue weighted by atomic mass is 9.86. The Kier molecular flexibility index (Phi) is 8.43. The highest BCUT2D eigenvalue weighted by atomic mass is 16.2. The Morgan fingerprint density at radius 1 is 0.968 bits per heavy atom. The summed E-state index contributed by atoms with van der Waals surface area (Å²) >= 11 is 0. The van der Waals surface area contributed by atoms with Crippen molar-refractivity contribution in [1.82, 2.24) is 10.2 Å². The molecule has 168 valence electrons. The minimum absolute atomic E-state index is 0.00504. The molecule has 4 heteroatoms. The summed E-state index contributed by atoms with van der Waals surface area (Å²) < 4.78 is 0. The van der Waals surface area contributed by atoms with Gasteiger partial charge in [-0.1, -0.05) is 69.3 Å². The average molecular weight is 423 g/mol. The van der Waals surface area contributed by atoms with Crippen LogP contribution in [0, 0.1) is 6.92 Å². The van der Waals surface area contributed by atoms with Crippen LogP contribution in [-0.2, 0) is 28.0 Å². The molecule has 4 nitrogen and oxygen atoms in total. The van der Waals surface area contributed by atoms with Gasteiger partial charge in [-0.25, -0.2) is 0 Å². The first-order valence-corrected chi connectivity index (χ1v) is 11.2. The topological polar surface area (TPSA) is 49.4 Å². The lowest BCUT2D eigenvalue weighted by molar-refractivity contribution is -0.140. The minimum atomic E-state index is -0.530. The quantitative estimate of drug-likeness (QED) is 0.638. The lowest BCUT2D eigenvalue weighted by Crippen LogP contribution is -2.49. The Morgan fingerprint density at radius 2 is 1.58 bits per heavy atom. The SMILES string of the molecule is Cc1ccccc1CN(C(=O)CCc1ccc(C(C)(C)C)cc1)[C@@H](C)C(=O)NC(C)C. The fourth-order valence-corrected chi connectivity index (χ4v) is 3.53. The maximum absolute atomic E-state index is 13.2. The molecule has 0 saturated carbocycles. The fraction of sp³-hybridized carbons (Fsp3) is 0.481. The summed E-state index contributed by atoms with van der Waals surface area (Å²) in [5.41, 5.74) is 4.71. The molecule has 1 N–H and O–H groups in total. The van der Waals surface area contributed by atoms with Gasteiger partial charge in [-0.15, -0.1) is 0 Å². The lowest BCUT2D eigenvalue weighted by Gasteiger charge is -2.30. The normalized spacial score (nSPS) is 12.5. The third-order valence-electron chi connectivity index (χ3n) is 5.65. The predicted molar refractivity (Wildman–Crippen MR) is 128 cm³/mol. The highest BCUT2D eigenvalue weighted by Crippen LogP contribution is 2.23. The maximum Gasteiger partial charge on any atom is 0.242 e. The van der Waals surface area contributed by atoms with Crippen LogP contribution in [0.25, 0.3) is 0 Å². The van der Waals surface area contributed by atoms with E-state index in [4.69, 9.17) is 0 Å². The van der Waals surface area contributed by atoms with Crippen LogP contribution in [-0.4, -0.2) is 28.8 Å². The first-order valence-electron chi connectivity index (χ1n) is 11.2. The van der Waals surface area contributed by atoms with Gasteiger partial charge in [-0.3, -0.25) is 9.59 Å². The molecule has 0 aliphatic heterocycles. The monoisotopic (exact) mass is 422 g/mol. The van der Waals surface area contributed by atoms with Crippen molar-refractivity contribution in [2.24, 2.45) is 0 Å². The third kappa shape index (κ3) is 7.23. The van der Waals surface area contributed by atoms with Gasteiger partial charge in [0.2, 0.25) is 11.8 Å². The van der Waals surface area contributed by atoms with Crippen LogP contribution in [0.2, 0.25) is 0 Å². The summed E-state index contributed by atoms with van der Waals surface area (Å²) in [5.74, 6) is -0.124. The number of hydrogen-bond donors (Lipinski definition) is 1. The van der Waals surface area contributed by atoms with E-state index in [9.17, 15) is 9.59 Å². The van der Waals surface area contributed by atoms with E-state index in [2.05, 4.69) is 50.4 Å². The van der Waals surface area contributed by atoms with E-state index in [0.717, 1.165) is 16.7 Å². The van der Waals surface area contributed by atoms with Crippen molar-refractivity contribution in [3.05, 3.63) is 70.8 Å². The molecule has 0 aliphatic rings. The summed E-state index contributed by atoms with van der Waals surface area (Å²) in [4.78, 5) is 27.6. The van der Waals surface area contributed by atoms with Crippen LogP contribution in [0.4, 0.5) is 0 Å². The molecule has 31 heavy (non-hydrogen) atoms. The third-order valence-corrected chi connectivity index (χ3v) is 5.65. The van der Waals surface area contributed by atoms with Crippen LogP contribution in [0.3, 0.4) is 0 Å². The van der Waals surface area contributed by atoms with E-state index in [1.807, 2.05) is 52.0 Å². The minimum Gasteiger partial charge on any atom is -0.352 e. The van der Waals surface area contributed by atoms with Gasteiger partial charge in [0.15, 0.2) is 0 Å². The van der Waals surface area contributed by atoms with Crippen LogP contribution in [0.5, 0.6) is 0 Å². The molecular weight excluding hydrogens is 384 g/mol. The second kappa shape index (κ2) is 10.6. The average Bonchev–Trinajstić information content (AvgIpc) is 2.70. The first kappa shape index (κ1) is 24.6. The van der Waals surface area contributed by atoms with Crippen molar-refractivity contribution in [1.29, 1.82) is 0 Å². The molecule has 2 aromatic rings. The number of carbonyl (C=O) groups excluding carboxylic acids is 2. The number of hydrogen-bond acceptors (Lipinski definition) is 2. The molecule has 0 saturated heterocycles. The van der Waals surface area contributed by atoms with Gasteiger partial charge < -0.3 is 10.2 Å². The number of amides is 2. The highest BCUT2D eigenvalue weighted by Gasteiger charge is 2.26. The zero-order valence-electron chi connectivity index (χ0n) is 20.2. The number of benzene rings is 2. The van der Waals surface area contributed by atoms with Gasteiger partial charge in [-0.05, 0) is 61.8 Å². The van der Waals surface area contributed by atoms with E-state index in [-0.39, 0.29) is 23.3 Å². The van der Waals surface area contributed by atoms with Crippen molar-refractivity contribution < 1.29 is 9.59 Å². The zero-order valence-corrected chi connectivity index (χ0v) is 20.2. The number of carbonyl (C=O) groups is 2. The van der Waals surface area contributed by atoms with Crippen LogP contribution < -0.4 is 5.32 Å². The summed E-state index contributed by atoms with van der Waals surface area (Å²) in [6, 6.07) is 16.0. The molecule has 0 radical (unpaired) electrons. The van der Waals surface area contributed by atoms with Crippen molar-refractivity contribution in [2.45, 2.75) is 85.4 Å². The van der Waals surface area contributed by atoms with Crippen LogP contribution in [0.1, 0.15) is 70.2 Å². The van der Waals surface area contributed by atoms with Gasteiger partial charge >= 0.3 is 0 Å². The molecule has 0 aliphatic carbocycles. The van der Waals surface area contributed by atoms with E-state index in [0.29, 0.717) is 19.4 Å². The van der Waals surface area contributed by atoms with Crippen molar-refractivity contribution in [2.75, 3.05) is 0 Å². The molecule has 0 bridgehead atoms. The Balaban J connectivity index is 2.15. The van der Waals surface area contributed by atoms with E-state index in [1.54, 1.807) is 4.90 Å². The van der Waals surface area contributed by atoms with Gasteiger partial charge in [0, 0.05) is 19.0 Å². The molecule has 0 heterocycles. The number of nitrogens with zero attached hydrogens (tertiary/aromatic N) is 1. The smallest absolute Gasteiger partial charge is 0.242 e. The molecule has 0 aromatic heterocycles. The zero-order chi connectivity index (χ0) is 23.2. The second-order valence-electron chi connectivity index (χ2n) is 9.73.